The minimum atomic E-state index is 0.422. The second-order valence-corrected chi connectivity index (χ2v) is 7.34. The molecule has 2 saturated heterocycles. The van der Waals surface area contributed by atoms with Gasteiger partial charge < -0.3 is 14.8 Å². The van der Waals surface area contributed by atoms with Gasteiger partial charge in [-0.2, -0.15) is 0 Å². The van der Waals surface area contributed by atoms with E-state index in [-0.39, 0.29) is 0 Å². The lowest BCUT2D eigenvalue weighted by Gasteiger charge is -2.15. The Morgan fingerprint density at radius 1 is 1.35 bits per heavy atom. The molecule has 1 aromatic heterocycles. The number of ether oxygens (including phenoxy) is 2. The van der Waals surface area contributed by atoms with Crippen LogP contribution in [-0.2, 0) is 22.6 Å². The summed E-state index contributed by atoms with van der Waals surface area (Å²) in [6.45, 7) is 1.57. The van der Waals surface area contributed by atoms with Gasteiger partial charge in [-0.25, -0.2) is 4.98 Å². The maximum atomic E-state index is 5.98. The third-order valence-electron chi connectivity index (χ3n) is 4.63. The second-order valence-electron chi connectivity index (χ2n) is 6.23. The summed E-state index contributed by atoms with van der Waals surface area (Å²) in [7, 11) is 1.75. The molecule has 3 fully saturated rings. The van der Waals surface area contributed by atoms with Gasteiger partial charge in [0.05, 0.1) is 29.5 Å². The van der Waals surface area contributed by atoms with Crippen molar-refractivity contribution in [3.8, 4) is 0 Å². The molecule has 0 radical (unpaired) electrons. The molecule has 2 aliphatic heterocycles. The topological polar surface area (TPSA) is 43.4 Å². The minimum Gasteiger partial charge on any atom is -0.378 e. The predicted octanol–water partition coefficient (Wildman–Crippen LogP) is 2.58. The van der Waals surface area contributed by atoms with Crippen LogP contribution in [0, 0.1) is 0 Å². The van der Waals surface area contributed by atoms with Crippen LogP contribution >= 0.6 is 11.3 Å². The van der Waals surface area contributed by atoms with E-state index in [2.05, 4.69) is 5.32 Å². The Bertz CT molecular complexity index is 486. The van der Waals surface area contributed by atoms with Gasteiger partial charge in [0.15, 0.2) is 0 Å². The SMILES string of the molecule is COCc1nc(C2CC3CCC2O3)sc1CNC1CC1. The lowest BCUT2D eigenvalue weighted by atomic mass is 9.90. The number of hydrogen-bond donors (Lipinski definition) is 1. The van der Waals surface area contributed by atoms with Crippen LogP contribution in [-0.4, -0.2) is 30.3 Å². The summed E-state index contributed by atoms with van der Waals surface area (Å²) in [5.74, 6) is 0.532. The van der Waals surface area contributed by atoms with Crippen LogP contribution in [0.25, 0.3) is 0 Å². The first kappa shape index (κ1) is 13.2. The number of thiazole rings is 1. The summed E-state index contributed by atoms with van der Waals surface area (Å²) < 4.78 is 11.3. The van der Waals surface area contributed by atoms with Gasteiger partial charge in [-0.15, -0.1) is 11.3 Å². The molecule has 1 aromatic rings. The largest absolute Gasteiger partial charge is 0.378 e. The van der Waals surface area contributed by atoms with E-state index in [0.717, 1.165) is 18.3 Å². The molecule has 4 nitrogen and oxygen atoms in total. The van der Waals surface area contributed by atoms with Crippen LogP contribution in [0.1, 0.15) is 53.6 Å². The van der Waals surface area contributed by atoms with Crippen molar-refractivity contribution in [3.63, 3.8) is 0 Å². The smallest absolute Gasteiger partial charge is 0.0990 e. The van der Waals surface area contributed by atoms with Crippen molar-refractivity contribution in [2.75, 3.05) is 7.11 Å². The Hall–Kier alpha value is -0.490. The highest BCUT2D eigenvalue weighted by Crippen LogP contribution is 2.45. The van der Waals surface area contributed by atoms with Crippen LogP contribution in [0.15, 0.2) is 0 Å². The average Bonchev–Trinajstić information content (AvgIpc) is 2.88. The number of methoxy groups -OCH3 is 1. The molecule has 1 saturated carbocycles. The number of aromatic nitrogens is 1. The molecule has 1 N–H and O–H groups in total. The fourth-order valence-corrected chi connectivity index (χ4v) is 4.56. The minimum absolute atomic E-state index is 0.422. The molecule has 4 rings (SSSR count). The Kier molecular flexibility index (Phi) is 3.54. The van der Waals surface area contributed by atoms with Gasteiger partial charge in [-0.3, -0.25) is 0 Å². The molecule has 3 aliphatic rings. The van der Waals surface area contributed by atoms with Gasteiger partial charge in [0.25, 0.3) is 0 Å². The molecule has 0 aromatic carbocycles. The van der Waals surface area contributed by atoms with Crippen molar-refractivity contribution in [2.45, 2.75) is 69.4 Å². The summed E-state index contributed by atoms with van der Waals surface area (Å²) in [5, 5.41) is 4.87. The number of fused-ring (bicyclic) bond motifs is 2. The quantitative estimate of drug-likeness (QED) is 0.876. The molecule has 0 amide bonds. The summed E-state index contributed by atoms with van der Waals surface area (Å²) >= 11 is 1.87. The maximum Gasteiger partial charge on any atom is 0.0990 e. The van der Waals surface area contributed by atoms with E-state index >= 15 is 0 Å². The number of hydrogen-bond acceptors (Lipinski definition) is 5. The van der Waals surface area contributed by atoms with E-state index in [1.165, 1.54) is 42.0 Å². The molecular formula is C15H22N2O2S. The predicted molar refractivity (Wildman–Crippen MR) is 77.9 cm³/mol. The lowest BCUT2D eigenvalue weighted by molar-refractivity contribution is 0.100. The number of rotatable bonds is 6. The Morgan fingerprint density at radius 2 is 2.25 bits per heavy atom. The summed E-state index contributed by atoms with van der Waals surface area (Å²) in [4.78, 5) is 6.23. The maximum absolute atomic E-state index is 5.98. The van der Waals surface area contributed by atoms with Gasteiger partial charge in [0.2, 0.25) is 0 Å². The number of nitrogens with one attached hydrogen (secondary N) is 1. The Labute approximate surface area is 123 Å². The normalized spacial score (nSPS) is 32.1. The van der Waals surface area contributed by atoms with Crippen molar-refractivity contribution >= 4 is 11.3 Å². The van der Waals surface area contributed by atoms with E-state index < -0.39 is 0 Å². The summed E-state index contributed by atoms with van der Waals surface area (Å²) in [6.07, 6.45) is 7.19. The van der Waals surface area contributed by atoms with Crippen molar-refractivity contribution in [3.05, 3.63) is 15.6 Å². The standard InChI is InChI=1S/C15H22N2O2S/c1-18-8-12-14(7-16-9-2-3-9)20-15(17-12)11-6-10-4-5-13(11)19-10/h9-11,13,16H,2-8H2,1H3. The van der Waals surface area contributed by atoms with Crippen molar-refractivity contribution < 1.29 is 9.47 Å². The van der Waals surface area contributed by atoms with Crippen molar-refractivity contribution in [1.29, 1.82) is 0 Å². The zero-order valence-electron chi connectivity index (χ0n) is 11.9. The molecule has 3 heterocycles. The highest BCUT2D eigenvalue weighted by atomic mass is 32.1. The zero-order valence-corrected chi connectivity index (χ0v) is 12.7. The van der Waals surface area contributed by atoms with E-state index in [4.69, 9.17) is 14.5 Å². The van der Waals surface area contributed by atoms with E-state index in [1.54, 1.807) is 7.11 Å². The first-order chi connectivity index (χ1) is 9.83. The van der Waals surface area contributed by atoms with E-state index in [9.17, 15) is 0 Å². The summed E-state index contributed by atoms with van der Waals surface area (Å²) in [6, 6.07) is 0.738. The highest BCUT2D eigenvalue weighted by Gasteiger charge is 2.43. The molecule has 110 valence electrons. The molecule has 0 spiro atoms. The average molecular weight is 294 g/mol. The third-order valence-corrected chi connectivity index (χ3v) is 5.86. The molecule has 1 aliphatic carbocycles. The Balaban J connectivity index is 1.51. The molecule has 3 atom stereocenters. The zero-order chi connectivity index (χ0) is 13.5. The van der Waals surface area contributed by atoms with Crippen LogP contribution in [0.2, 0.25) is 0 Å². The fourth-order valence-electron chi connectivity index (χ4n) is 3.37. The van der Waals surface area contributed by atoms with Gasteiger partial charge in [0.1, 0.15) is 0 Å². The van der Waals surface area contributed by atoms with Gasteiger partial charge >= 0.3 is 0 Å². The molecule has 3 unspecified atom stereocenters. The van der Waals surface area contributed by atoms with E-state index in [1.807, 2.05) is 11.3 Å². The first-order valence-corrected chi connectivity index (χ1v) is 8.51. The fraction of sp³-hybridized carbons (Fsp3) is 0.800. The van der Waals surface area contributed by atoms with Gasteiger partial charge in [-0.05, 0) is 32.1 Å². The third kappa shape index (κ3) is 2.52. The summed E-state index contributed by atoms with van der Waals surface area (Å²) in [5.41, 5.74) is 1.13. The monoisotopic (exact) mass is 294 g/mol. The van der Waals surface area contributed by atoms with Crippen LogP contribution in [0.5, 0.6) is 0 Å². The van der Waals surface area contributed by atoms with Crippen LogP contribution < -0.4 is 5.32 Å². The van der Waals surface area contributed by atoms with Crippen LogP contribution in [0.4, 0.5) is 0 Å². The van der Waals surface area contributed by atoms with Crippen LogP contribution in [0.3, 0.4) is 0 Å². The molecule has 20 heavy (non-hydrogen) atoms. The lowest BCUT2D eigenvalue weighted by Crippen LogP contribution is -2.15. The van der Waals surface area contributed by atoms with Gasteiger partial charge in [-0.1, -0.05) is 0 Å². The van der Waals surface area contributed by atoms with Gasteiger partial charge in [0, 0.05) is 30.5 Å². The molecule has 2 bridgehead atoms. The number of nitrogens with zero attached hydrogens (tertiary/aromatic N) is 1. The molecule has 5 heteroatoms. The second kappa shape index (κ2) is 5.37. The Morgan fingerprint density at radius 3 is 2.90 bits per heavy atom. The highest BCUT2D eigenvalue weighted by molar-refractivity contribution is 7.11. The van der Waals surface area contributed by atoms with Crippen molar-refractivity contribution in [1.82, 2.24) is 10.3 Å². The first-order valence-electron chi connectivity index (χ1n) is 7.69. The molecular weight excluding hydrogens is 272 g/mol. The van der Waals surface area contributed by atoms with E-state index in [0.29, 0.717) is 24.7 Å². The van der Waals surface area contributed by atoms with Crippen molar-refractivity contribution in [2.24, 2.45) is 0 Å².